The van der Waals surface area contributed by atoms with Gasteiger partial charge in [0.25, 0.3) is 0 Å². The number of hydrogen-bond donors (Lipinski definition) is 1. The van der Waals surface area contributed by atoms with E-state index in [1.807, 2.05) is 54.0 Å². The molecule has 4 rings (SSSR count). The summed E-state index contributed by atoms with van der Waals surface area (Å²) in [5.41, 5.74) is 2.66. The number of carbonyl (C=O) groups is 1. The molecule has 9 heteroatoms. The summed E-state index contributed by atoms with van der Waals surface area (Å²) in [5.74, 6) is 1.54. The SMILES string of the molecule is Cc1cc(NC(=O)CSc2nnc(-c3cccnc3)n2Cc2ccco2)ccc1Br. The van der Waals surface area contributed by atoms with Crippen molar-refractivity contribution in [3.05, 3.63) is 76.9 Å². The summed E-state index contributed by atoms with van der Waals surface area (Å²) in [7, 11) is 0. The van der Waals surface area contributed by atoms with E-state index in [2.05, 4.69) is 36.4 Å². The van der Waals surface area contributed by atoms with Crippen molar-refractivity contribution in [3.63, 3.8) is 0 Å². The molecule has 7 nitrogen and oxygen atoms in total. The molecule has 1 aromatic carbocycles. The zero-order valence-electron chi connectivity index (χ0n) is 16.1. The molecule has 0 saturated heterocycles. The van der Waals surface area contributed by atoms with E-state index in [0.717, 1.165) is 27.0 Å². The molecule has 1 amide bonds. The summed E-state index contributed by atoms with van der Waals surface area (Å²) in [6.45, 7) is 2.44. The number of halogens is 1. The molecule has 0 aliphatic rings. The van der Waals surface area contributed by atoms with Gasteiger partial charge in [-0.3, -0.25) is 14.3 Å². The standard InChI is InChI=1S/C21H18BrN5O2S/c1-14-10-16(6-7-18(14)22)24-19(28)13-30-21-26-25-20(15-4-2-8-23-11-15)27(21)12-17-5-3-9-29-17/h2-11H,12-13H2,1H3,(H,24,28). The smallest absolute Gasteiger partial charge is 0.234 e. The molecule has 0 unspecified atom stereocenters. The number of anilines is 1. The highest BCUT2D eigenvalue weighted by atomic mass is 79.9. The van der Waals surface area contributed by atoms with Gasteiger partial charge in [-0.2, -0.15) is 0 Å². The van der Waals surface area contributed by atoms with Gasteiger partial charge in [0.2, 0.25) is 5.91 Å². The maximum absolute atomic E-state index is 12.5. The Balaban J connectivity index is 1.51. The normalized spacial score (nSPS) is 10.9. The minimum Gasteiger partial charge on any atom is -0.467 e. The third-order valence-electron chi connectivity index (χ3n) is 4.30. The van der Waals surface area contributed by atoms with Gasteiger partial charge in [0, 0.05) is 28.1 Å². The Morgan fingerprint density at radius 2 is 2.13 bits per heavy atom. The number of aryl methyl sites for hydroxylation is 1. The molecule has 0 saturated carbocycles. The highest BCUT2D eigenvalue weighted by molar-refractivity contribution is 9.10. The average Bonchev–Trinajstić information content (AvgIpc) is 3.40. The lowest BCUT2D eigenvalue weighted by atomic mass is 10.2. The van der Waals surface area contributed by atoms with Gasteiger partial charge in [-0.25, -0.2) is 0 Å². The summed E-state index contributed by atoms with van der Waals surface area (Å²) >= 11 is 4.79. The molecule has 1 N–H and O–H groups in total. The van der Waals surface area contributed by atoms with E-state index in [4.69, 9.17) is 4.42 Å². The van der Waals surface area contributed by atoms with Gasteiger partial charge in [-0.1, -0.05) is 27.7 Å². The summed E-state index contributed by atoms with van der Waals surface area (Å²) in [6.07, 6.45) is 5.07. The Labute approximate surface area is 186 Å². The first-order valence-corrected chi connectivity index (χ1v) is 10.9. The zero-order chi connectivity index (χ0) is 20.9. The van der Waals surface area contributed by atoms with Crippen LogP contribution in [0.3, 0.4) is 0 Å². The predicted molar refractivity (Wildman–Crippen MR) is 119 cm³/mol. The molecule has 0 fully saturated rings. The van der Waals surface area contributed by atoms with Crippen LogP contribution in [0.15, 0.2) is 75.2 Å². The molecule has 4 aromatic rings. The van der Waals surface area contributed by atoms with Crippen LogP contribution < -0.4 is 5.32 Å². The fraction of sp³-hybridized carbons (Fsp3) is 0.143. The molecule has 0 aliphatic carbocycles. The van der Waals surface area contributed by atoms with Gasteiger partial charge < -0.3 is 9.73 Å². The summed E-state index contributed by atoms with van der Waals surface area (Å²) in [5, 5.41) is 12.2. The maximum atomic E-state index is 12.5. The molecule has 152 valence electrons. The third-order valence-corrected chi connectivity index (χ3v) is 6.16. The lowest BCUT2D eigenvalue weighted by molar-refractivity contribution is -0.113. The second-order valence-electron chi connectivity index (χ2n) is 6.51. The van der Waals surface area contributed by atoms with Gasteiger partial charge in [-0.05, 0) is 55.0 Å². The van der Waals surface area contributed by atoms with Crippen LogP contribution in [0.4, 0.5) is 5.69 Å². The highest BCUT2D eigenvalue weighted by Gasteiger charge is 2.17. The van der Waals surface area contributed by atoms with E-state index < -0.39 is 0 Å². The van der Waals surface area contributed by atoms with E-state index in [1.165, 1.54) is 11.8 Å². The second kappa shape index (κ2) is 9.27. The van der Waals surface area contributed by atoms with E-state index >= 15 is 0 Å². The summed E-state index contributed by atoms with van der Waals surface area (Å²) in [6, 6.07) is 13.2. The number of thioether (sulfide) groups is 1. The molecule has 3 heterocycles. The number of amides is 1. The molecule has 3 aromatic heterocycles. The van der Waals surface area contributed by atoms with Gasteiger partial charge in [0.15, 0.2) is 11.0 Å². The number of carbonyl (C=O) groups excluding carboxylic acids is 1. The Morgan fingerprint density at radius 3 is 2.87 bits per heavy atom. The van der Waals surface area contributed by atoms with Crippen molar-refractivity contribution < 1.29 is 9.21 Å². The number of hydrogen-bond acceptors (Lipinski definition) is 6. The molecule has 0 atom stereocenters. The lowest BCUT2D eigenvalue weighted by Gasteiger charge is -2.09. The largest absolute Gasteiger partial charge is 0.467 e. The molecule has 30 heavy (non-hydrogen) atoms. The Bertz CT molecular complexity index is 1150. The summed E-state index contributed by atoms with van der Waals surface area (Å²) in [4.78, 5) is 16.6. The van der Waals surface area contributed by atoms with Gasteiger partial charge in [0.05, 0.1) is 18.6 Å². The number of nitrogens with zero attached hydrogens (tertiary/aromatic N) is 4. The third kappa shape index (κ3) is 4.80. The first kappa shape index (κ1) is 20.4. The molecule has 0 spiro atoms. The zero-order valence-corrected chi connectivity index (χ0v) is 18.5. The number of aromatic nitrogens is 4. The van der Waals surface area contributed by atoms with Crippen molar-refractivity contribution in [2.24, 2.45) is 0 Å². The van der Waals surface area contributed by atoms with Crippen LogP contribution in [0.25, 0.3) is 11.4 Å². The van der Waals surface area contributed by atoms with E-state index in [1.54, 1.807) is 18.7 Å². The number of furan rings is 1. The molecular formula is C21H18BrN5O2S. The fourth-order valence-electron chi connectivity index (χ4n) is 2.85. The highest BCUT2D eigenvalue weighted by Crippen LogP contribution is 2.25. The van der Waals surface area contributed by atoms with Crippen molar-refractivity contribution in [2.45, 2.75) is 18.6 Å². The molecule has 0 radical (unpaired) electrons. The van der Waals surface area contributed by atoms with E-state index in [0.29, 0.717) is 17.5 Å². The summed E-state index contributed by atoms with van der Waals surface area (Å²) < 4.78 is 8.43. The van der Waals surface area contributed by atoms with Gasteiger partial charge in [-0.15, -0.1) is 10.2 Å². The fourth-order valence-corrected chi connectivity index (χ4v) is 3.84. The monoisotopic (exact) mass is 483 g/mol. The van der Waals surface area contributed by atoms with Gasteiger partial charge in [0.1, 0.15) is 5.76 Å². The number of nitrogens with one attached hydrogen (secondary N) is 1. The Morgan fingerprint density at radius 1 is 1.23 bits per heavy atom. The second-order valence-corrected chi connectivity index (χ2v) is 8.31. The van der Waals surface area contributed by atoms with Crippen molar-refractivity contribution >= 4 is 39.3 Å². The minimum absolute atomic E-state index is 0.114. The predicted octanol–water partition coefficient (Wildman–Crippen LogP) is 4.78. The van der Waals surface area contributed by atoms with Crippen molar-refractivity contribution in [3.8, 4) is 11.4 Å². The minimum atomic E-state index is -0.114. The number of pyridine rings is 1. The van der Waals surface area contributed by atoms with E-state index in [9.17, 15) is 4.79 Å². The van der Waals surface area contributed by atoms with Crippen LogP contribution in [0.2, 0.25) is 0 Å². The van der Waals surface area contributed by atoms with Crippen molar-refractivity contribution in [2.75, 3.05) is 11.1 Å². The van der Waals surface area contributed by atoms with Crippen LogP contribution in [0.1, 0.15) is 11.3 Å². The van der Waals surface area contributed by atoms with Crippen LogP contribution in [-0.2, 0) is 11.3 Å². The van der Waals surface area contributed by atoms with Gasteiger partial charge >= 0.3 is 0 Å². The Kier molecular flexibility index (Phi) is 6.29. The maximum Gasteiger partial charge on any atom is 0.234 e. The first-order chi connectivity index (χ1) is 14.6. The quantitative estimate of drug-likeness (QED) is 0.380. The number of rotatable bonds is 7. The lowest BCUT2D eigenvalue weighted by Crippen LogP contribution is -2.15. The van der Waals surface area contributed by atoms with Crippen molar-refractivity contribution in [1.29, 1.82) is 0 Å². The molecule has 0 aliphatic heterocycles. The molecule has 0 bridgehead atoms. The topological polar surface area (TPSA) is 85.8 Å². The Hall–Kier alpha value is -2.91. The van der Waals surface area contributed by atoms with E-state index in [-0.39, 0.29) is 11.7 Å². The van der Waals surface area contributed by atoms with Crippen LogP contribution in [0, 0.1) is 6.92 Å². The van der Waals surface area contributed by atoms with Crippen LogP contribution >= 0.6 is 27.7 Å². The average molecular weight is 484 g/mol. The van der Waals surface area contributed by atoms with Crippen LogP contribution in [0.5, 0.6) is 0 Å². The first-order valence-electron chi connectivity index (χ1n) is 9.15. The van der Waals surface area contributed by atoms with Crippen molar-refractivity contribution in [1.82, 2.24) is 19.7 Å². The number of benzene rings is 1. The molecular weight excluding hydrogens is 466 g/mol. The van der Waals surface area contributed by atoms with Crippen LogP contribution in [-0.4, -0.2) is 31.4 Å².